The molecule has 1 amide bonds. The van der Waals surface area contributed by atoms with E-state index in [4.69, 9.17) is 0 Å². The van der Waals surface area contributed by atoms with E-state index >= 15 is 0 Å². The lowest BCUT2D eigenvalue weighted by Gasteiger charge is -2.24. The zero-order chi connectivity index (χ0) is 14.4. The SMILES string of the molecule is O=C1Nc2c(cccc2C(F)(F)F)NCC12CCCC2. The third kappa shape index (κ3) is 2.03. The van der Waals surface area contributed by atoms with Crippen molar-refractivity contribution in [3.8, 4) is 0 Å². The van der Waals surface area contributed by atoms with Gasteiger partial charge in [-0.25, -0.2) is 0 Å². The number of anilines is 2. The standard InChI is InChI=1S/C14H15F3N2O/c15-14(16,17)9-4-3-5-10-11(9)19-12(20)13(8-18-10)6-1-2-7-13/h3-5,18H,1-2,6-8H2,(H,19,20). The number of benzene rings is 1. The van der Waals surface area contributed by atoms with Crippen molar-refractivity contribution in [2.24, 2.45) is 5.41 Å². The second-order valence-electron chi connectivity index (χ2n) is 5.52. The molecule has 1 spiro atoms. The summed E-state index contributed by atoms with van der Waals surface area (Å²) in [5.41, 5.74) is -1.17. The van der Waals surface area contributed by atoms with Crippen molar-refractivity contribution >= 4 is 17.3 Å². The van der Waals surface area contributed by atoms with Crippen LogP contribution in [0.25, 0.3) is 0 Å². The van der Waals surface area contributed by atoms with Crippen LogP contribution in [0, 0.1) is 5.41 Å². The van der Waals surface area contributed by atoms with Crippen LogP contribution in [-0.2, 0) is 11.0 Å². The first-order valence-electron chi connectivity index (χ1n) is 6.68. The zero-order valence-corrected chi connectivity index (χ0v) is 10.8. The zero-order valence-electron chi connectivity index (χ0n) is 10.8. The van der Waals surface area contributed by atoms with Crippen LogP contribution < -0.4 is 10.6 Å². The lowest BCUT2D eigenvalue weighted by molar-refractivity contribution is -0.137. The number of carbonyl (C=O) groups excluding carboxylic acids is 1. The molecule has 2 aliphatic rings. The van der Waals surface area contributed by atoms with E-state index in [1.807, 2.05) is 0 Å². The number of hydrogen-bond acceptors (Lipinski definition) is 2. The van der Waals surface area contributed by atoms with Gasteiger partial charge >= 0.3 is 6.18 Å². The maximum absolute atomic E-state index is 13.0. The molecule has 3 nitrogen and oxygen atoms in total. The van der Waals surface area contributed by atoms with Crippen LogP contribution in [0.15, 0.2) is 18.2 Å². The van der Waals surface area contributed by atoms with Crippen molar-refractivity contribution < 1.29 is 18.0 Å². The van der Waals surface area contributed by atoms with Gasteiger partial charge in [0.05, 0.1) is 22.4 Å². The number of hydrogen-bond donors (Lipinski definition) is 2. The summed E-state index contributed by atoms with van der Waals surface area (Å²) in [6.07, 6.45) is -1.15. The summed E-state index contributed by atoms with van der Waals surface area (Å²) in [4.78, 5) is 12.4. The highest BCUT2D eigenvalue weighted by Gasteiger charge is 2.44. The summed E-state index contributed by atoms with van der Waals surface area (Å²) in [5.74, 6) is -0.294. The van der Waals surface area contributed by atoms with Gasteiger partial charge in [-0.2, -0.15) is 13.2 Å². The van der Waals surface area contributed by atoms with E-state index in [1.165, 1.54) is 6.07 Å². The van der Waals surface area contributed by atoms with E-state index in [2.05, 4.69) is 10.6 Å². The fourth-order valence-electron chi connectivity index (χ4n) is 3.12. The normalized spacial score (nSPS) is 21.1. The van der Waals surface area contributed by atoms with Gasteiger partial charge in [0.25, 0.3) is 0 Å². The molecule has 0 unspecified atom stereocenters. The maximum atomic E-state index is 13.0. The van der Waals surface area contributed by atoms with Crippen molar-refractivity contribution in [3.05, 3.63) is 23.8 Å². The molecule has 6 heteroatoms. The Balaban J connectivity index is 2.03. The van der Waals surface area contributed by atoms with Gasteiger partial charge < -0.3 is 10.6 Å². The first kappa shape index (κ1) is 13.3. The minimum Gasteiger partial charge on any atom is -0.382 e. The Hall–Kier alpha value is -1.72. The van der Waals surface area contributed by atoms with E-state index in [9.17, 15) is 18.0 Å². The van der Waals surface area contributed by atoms with Gasteiger partial charge in [-0.05, 0) is 25.0 Å². The number of rotatable bonds is 0. The lowest BCUT2D eigenvalue weighted by atomic mass is 9.85. The summed E-state index contributed by atoms with van der Waals surface area (Å²) in [6.45, 7) is 0.396. The lowest BCUT2D eigenvalue weighted by Crippen LogP contribution is -2.37. The second-order valence-corrected chi connectivity index (χ2v) is 5.52. The first-order valence-corrected chi connectivity index (χ1v) is 6.68. The summed E-state index contributed by atoms with van der Waals surface area (Å²) >= 11 is 0. The summed E-state index contributed by atoms with van der Waals surface area (Å²) in [5, 5.41) is 5.53. The molecular weight excluding hydrogens is 269 g/mol. The van der Waals surface area contributed by atoms with Crippen LogP contribution in [0.2, 0.25) is 0 Å². The quantitative estimate of drug-likeness (QED) is 0.764. The van der Waals surface area contributed by atoms with Crippen LogP contribution in [0.5, 0.6) is 0 Å². The van der Waals surface area contributed by atoms with Crippen LogP contribution in [0.4, 0.5) is 24.5 Å². The molecule has 1 fully saturated rings. The number of carbonyl (C=O) groups is 1. The minimum absolute atomic E-state index is 0.145. The number of halogens is 3. The van der Waals surface area contributed by atoms with Gasteiger partial charge in [0, 0.05) is 6.54 Å². The Morgan fingerprint density at radius 3 is 2.50 bits per heavy atom. The first-order chi connectivity index (χ1) is 9.42. The van der Waals surface area contributed by atoms with Gasteiger partial charge in [-0.1, -0.05) is 18.9 Å². The Labute approximate surface area is 114 Å². The highest BCUT2D eigenvalue weighted by molar-refractivity contribution is 6.01. The van der Waals surface area contributed by atoms with Crippen molar-refractivity contribution in [1.82, 2.24) is 0 Å². The van der Waals surface area contributed by atoms with E-state index in [0.29, 0.717) is 12.2 Å². The molecule has 0 saturated heterocycles. The minimum atomic E-state index is -4.48. The molecule has 0 atom stereocenters. The Morgan fingerprint density at radius 1 is 1.15 bits per heavy atom. The molecule has 1 aliphatic carbocycles. The fraction of sp³-hybridized carbons (Fsp3) is 0.500. The predicted octanol–water partition coefficient (Wildman–Crippen LogP) is 3.63. The van der Waals surface area contributed by atoms with Crippen molar-refractivity contribution in [2.75, 3.05) is 17.2 Å². The van der Waals surface area contributed by atoms with Crippen molar-refractivity contribution in [1.29, 1.82) is 0 Å². The largest absolute Gasteiger partial charge is 0.418 e. The maximum Gasteiger partial charge on any atom is 0.418 e. The second kappa shape index (κ2) is 4.40. The molecule has 0 bridgehead atoms. The molecular formula is C14H15F3N2O. The topological polar surface area (TPSA) is 41.1 Å². The van der Waals surface area contributed by atoms with Gasteiger partial charge in [0.2, 0.25) is 5.91 Å². The third-order valence-corrected chi connectivity index (χ3v) is 4.27. The van der Waals surface area contributed by atoms with Crippen molar-refractivity contribution in [3.63, 3.8) is 0 Å². The number of alkyl halides is 3. The monoisotopic (exact) mass is 284 g/mol. The van der Waals surface area contributed by atoms with Crippen LogP contribution in [0.1, 0.15) is 31.2 Å². The average Bonchev–Trinajstić information content (AvgIpc) is 2.80. The summed E-state index contributed by atoms with van der Waals surface area (Å²) < 4.78 is 39.1. The third-order valence-electron chi connectivity index (χ3n) is 4.27. The molecule has 1 saturated carbocycles. The number of amides is 1. The molecule has 1 aliphatic heterocycles. The fourth-order valence-corrected chi connectivity index (χ4v) is 3.12. The van der Waals surface area contributed by atoms with Gasteiger partial charge in [-0.3, -0.25) is 4.79 Å². The van der Waals surface area contributed by atoms with Crippen LogP contribution >= 0.6 is 0 Å². The average molecular weight is 284 g/mol. The Morgan fingerprint density at radius 2 is 1.85 bits per heavy atom. The Bertz CT molecular complexity index is 548. The molecule has 3 rings (SSSR count). The number of para-hydroxylation sites is 1. The van der Waals surface area contributed by atoms with Gasteiger partial charge in [0.1, 0.15) is 0 Å². The van der Waals surface area contributed by atoms with E-state index < -0.39 is 17.2 Å². The van der Waals surface area contributed by atoms with E-state index in [1.54, 1.807) is 6.07 Å². The molecule has 2 N–H and O–H groups in total. The molecule has 1 aromatic carbocycles. The summed E-state index contributed by atoms with van der Waals surface area (Å²) in [7, 11) is 0. The smallest absolute Gasteiger partial charge is 0.382 e. The Kier molecular flexibility index (Phi) is 2.92. The predicted molar refractivity (Wildman–Crippen MR) is 69.5 cm³/mol. The molecule has 1 aromatic rings. The van der Waals surface area contributed by atoms with E-state index in [-0.39, 0.29) is 11.6 Å². The molecule has 20 heavy (non-hydrogen) atoms. The number of nitrogens with one attached hydrogen (secondary N) is 2. The van der Waals surface area contributed by atoms with Gasteiger partial charge in [0.15, 0.2) is 0 Å². The molecule has 0 radical (unpaired) electrons. The molecule has 108 valence electrons. The van der Waals surface area contributed by atoms with Crippen LogP contribution in [-0.4, -0.2) is 12.5 Å². The van der Waals surface area contributed by atoms with Gasteiger partial charge in [-0.15, -0.1) is 0 Å². The van der Waals surface area contributed by atoms with Crippen molar-refractivity contribution in [2.45, 2.75) is 31.9 Å². The molecule has 1 heterocycles. The highest BCUT2D eigenvalue weighted by Crippen LogP contribution is 2.45. The number of fused-ring (bicyclic) bond motifs is 1. The van der Waals surface area contributed by atoms with Crippen LogP contribution in [0.3, 0.4) is 0 Å². The molecule has 0 aromatic heterocycles. The van der Waals surface area contributed by atoms with E-state index in [0.717, 1.165) is 31.7 Å². The highest BCUT2D eigenvalue weighted by atomic mass is 19.4. The summed E-state index contributed by atoms with van der Waals surface area (Å²) in [6, 6.07) is 3.92.